The van der Waals surface area contributed by atoms with Crippen molar-refractivity contribution in [1.29, 1.82) is 0 Å². The SMILES string of the molecule is NS(=O)(=O)c1ccccc1-c1ccccc1NC(=O)c1sc(Cl)nc1-c1cccc(Br)c1. The number of nitrogens with one attached hydrogen (secondary N) is 1. The molecule has 6 nitrogen and oxygen atoms in total. The van der Waals surface area contributed by atoms with Crippen molar-refractivity contribution in [2.45, 2.75) is 4.90 Å². The first-order chi connectivity index (χ1) is 15.2. The number of anilines is 1. The molecule has 3 aromatic carbocycles. The smallest absolute Gasteiger partial charge is 0.268 e. The lowest BCUT2D eigenvalue weighted by molar-refractivity contribution is 0.103. The number of nitrogens with zero attached hydrogens (tertiary/aromatic N) is 1. The molecule has 4 aromatic rings. The molecule has 0 radical (unpaired) electrons. The van der Waals surface area contributed by atoms with Crippen LogP contribution in [0.25, 0.3) is 22.4 Å². The largest absolute Gasteiger partial charge is 0.321 e. The van der Waals surface area contributed by atoms with E-state index >= 15 is 0 Å². The summed E-state index contributed by atoms with van der Waals surface area (Å²) in [5.74, 6) is -0.412. The third kappa shape index (κ3) is 4.77. The van der Waals surface area contributed by atoms with Gasteiger partial charge in [0.2, 0.25) is 10.0 Å². The van der Waals surface area contributed by atoms with Gasteiger partial charge in [-0.15, -0.1) is 0 Å². The van der Waals surface area contributed by atoms with Crippen LogP contribution in [-0.2, 0) is 10.0 Å². The van der Waals surface area contributed by atoms with Gasteiger partial charge in [-0.1, -0.05) is 87.4 Å². The van der Waals surface area contributed by atoms with Crippen LogP contribution in [0.1, 0.15) is 9.67 Å². The van der Waals surface area contributed by atoms with E-state index in [1.165, 1.54) is 6.07 Å². The van der Waals surface area contributed by atoms with Gasteiger partial charge in [-0.2, -0.15) is 0 Å². The Labute approximate surface area is 202 Å². The van der Waals surface area contributed by atoms with Gasteiger partial charge in [-0.05, 0) is 24.3 Å². The van der Waals surface area contributed by atoms with Crippen molar-refractivity contribution in [3.8, 4) is 22.4 Å². The molecule has 0 aliphatic heterocycles. The van der Waals surface area contributed by atoms with Gasteiger partial charge in [-0.3, -0.25) is 4.79 Å². The van der Waals surface area contributed by atoms with Gasteiger partial charge in [0.15, 0.2) is 4.47 Å². The zero-order valence-electron chi connectivity index (χ0n) is 16.2. The lowest BCUT2D eigenvalue weighted by atomic mass is 10.0. The fourth-order valence-electron chi connectivity index (χ4n) is 3.22. The molecule has 0 aliphatic rings. The van der Waals surface area contributed by atoms with E-state index in [1.54, 1.807) is 42.5 Å². The summed E-state index contributed by atoms with van der Waals surface area (Å²) in [5.41, 5.74) is 2.53. The summed E-state index contributed by atoms with van der Waals surface area (Å²) in [7, 11) is -3.97. The maximum Gasteiger partial charge on any atom is 0.268 e. The van der Waals surface area contributed by atoms with Crippen LogP contribution in [-0.4, -0.2) is 19.3 Å². The van der Waals surface area contributed by atoms with Gasteiger partial charge in [-0.25, -0.2) is 18.5 Å². The molecule has 32 heavy (non-hydrogen) atoms. The number of thiazole rings is 1. The van der Waals surface area contributed by atoms with Crippen LogP contribution in [0.15, 0.2) is 82.2 Å². The number of aromatic nitrogens is 1. The molecule has 162 valence electrons. The summed E-state index contributed by atoms with van der Waals surface area (Å²) in [6, 6.07) is 20.7. The molecular weight excluding hydrogens is 534 g/mol. The van der Waals surface area contributed by atoms with Crippen molar-refractivity contribution >= 4 is 60.5 Å². The normalized spacial score (nSPS) is 11.3. The fourth-order valence-corrected chi connectivity index (χ4v) is 5.40. The number of sulfonamides is 1. The summed E-state index contributed by atoms with van der Waals surface area (Å²) >= 11 is 10.6. The number of hydrogen-bond donors (Lipinski definition) is 2. The number of nitrogens with two attached hydrogens (primary N) is 1. The van der Waals surface area contributed by atoms with Crippen LogP contribution in [0, 0.1) is 0 Å². The second-order valence-corrected chi connectivity index (χ2v) is 10.7. The second kappa shape index (κ2) is 9.13. The second-order valence-electron chi connectivity index (χ2n) is 6.70. The molecule has 4 rings (SSSR count). The van der Waals surface area contributed by atoms with Crippen LogP contribution in [0.4, 0.5) is 5.69 Å². The number of carbonyl (C=O) groups is 1. The van der Waals surface area contributed by atoms with E-state index < -0.39 is 15.9 Å². The van der Waals surface area contributed by atoms with E-state index in [-0.39, 0.29) is 9.36 Å². The Bertz CT molecular complexity index is 1440. The fraction of sp³-hybridized carbons (Fsp3) is 0. The Kier molecular flexibility index (Phi) is 6.45. The molecule has 0 saturated heterocycles. The molecule has 0 spiro atoms. The minimum atomic E-state index is -3.97. The van der Waals surface area contributed by atoms with Gasteiger partial charge in [0, 0.05) is 26.9 Å². The van der Waals surface area contributed by atoms with E-state index in [9.17, 15) is 13.2 Å². The zero-order chi connectivity index (χ0) is 22.9. The van der Waals surface area contributed by atoms with Gasteiger partial charge in [0.05, 0.1) is 10.6 Å². The van der Waals surface area contributed by atoms with Gasteiger partial charge in [0.25, 0.3) is 5.91 Å². The standard InChI is InChI=1S/C22H15BrClN3O3S2/c23-14-7-5-6-13(12-14)19-20(31-22(24)27-19)21(28)26-17-10-3-1-8-15(17)16-9-2-4-11-18(16)32(25,29)30/h1-12H,(H,26,28)(H2,25,29,30). The molecule has 0 atom stereocenters. The number of primary sulfonamides is 1. The number of hydrogen-bond acceptors (Lipinski definition) is 5. The summed E-state index contributed by atoms with van der Waals surface area (Å²) in [6.45, 7) is 0. The van der Waals surface area contributed by atoms with E-state index in [0.717, 1.165) is 21.4 Å². The van der Waals surface area contributed by atoms with Gasteiger partial charge in [0.1, 0.15) is 4.88 Å². The lowest BCUT2D eigenvalue weighted by Crippen LogP contribution is -2.15. The predicted octanol–water partition coefficient (Wildman–Crippen LogP) is 5.79. The molecule has 3 N–H and O–H groups in total. The molecule has 1 amide bonds. The Morgan fingerprint density at radius 3 is 2.41 bits per heavy atom. The lowest BCUT2D eigenvalue weighted by Gasteiger charge is -2.14. The van der Waals surface area contributed by atoms with Crippen LogP contribution < -0.4 is 10.5 Å². The first-order valence-corrected chi connectivity index (χ1v) is 12.7. The molecule has 1 heterocycles. The number of carbonyl (C=O) groups excluding carboxylic acids is 1. The summed E-state index contributed by atoms with van der Waals surface area (Å²) < 4.78 is 25.2. The van der Waals surface area contributed by atoms with Crippen molar-refractivity contribution in [3.63, 3.8) is 0 Å². The number of benzene rings is 3. The van der Waals surface area contributed by atoms with Crippen LogP contribution in [0.3, 0.4) is 0 Å². The summed E-state index contributed by atoms with van der Waals surface area (Å²) in [5, 5.41) is 8.26. The predicted molar refractivity (Wildman–Crippen MR) is 131 cm³/mol. The van der Waals surface area contributed by atoms with E-state index in [0.29, 0.717) is 27.4 Å². The van der Waals surface area contributed by atoms with Crippen LogP contribution in [0.5, 0.6) is 0 Å². The van der Waals surface area contributed by atoms with E-state index in [1.807, 2.05) is 24.3 Å². The minimum Gasteiger partial charge on any atom is -0.321 e. The Hall–Kier alpha value is -2.56. The number of amides is 1. The van der Waals surface area contributed by atoms with Crippen molar-refractivity contribution < 1.29 is 13.2 Å². The molecule has 1 aromatic heterocycles. The monoisotopic (exact) mass is 547 g/mol. The highest BCUT2D eigenvalue weighted by atomic mass is 79.9. The Balaban J connectivity index is 1.76. The Morgan fingerprint density at radius 2 is 1.69 bits per heavy atom. The van der Waals surface area contributed by atoms with Crippen molar-refractivity contribution in [2.24, 2.45) is 5.14 Å². The average molecular weight is 549 g/mol. The molecule has 0 fully saturated rings. The summed E-state index contributed by atoms with van der Waals surface area (Å²) in [4.78, 5) is 17.8. The molecule has 0 unspecified atom stereocenters. The van der Waals surface area contributed by atoms with Crippen molar-refractivity contribution in [3.05, 3.63) is 86.6 Å². The average Bonchev–Trinajstić information content (AvgIpc) is 3.15. The molecule has 0 saturated carbocycles. The number of para-hydroxylation sites is 1. The van der Waals surface area contributed by atoms with Crippen molar-refractivity contribution in [1.82, 2.24) is 4.98 Å². The van der Waals surface area contributed by atoms with Crippen LogP contribution in [0.2, 0.25) is 4.47 Å². The third-order valence-corrected chi connectivity index (χ3v) is 7.19. The van der Waals surface area contributed by atoms with Crippen LogP contribution >= 0.6 is 38.9 Å². The summed E-state index contributed by atoms with van der Waals surface area (Å²) in [6.07, 6.45) is 0. The molecule has 0 bridgehead atoms. The quantitative estimate of drug-likeness (QED) is 0.329. The van der Waals surface area contributed by atoms with Gasteiger partial charge < -0.3 is 5.32 Å². The first kappa shape index (κ1) is 22.6. The van der Waals surface area contributed by atoms with Crippen molar-refractivity contribution in [2.75, 3.05) is 5.32 Å². The number of rotatable bonds is 5. The van der Waals surface area contributed by atoms with E-state index in [2.05, 4.69) is 26.2 Å². The molecule has 0 aliphatic carbocycles. The zero-order valence-corrected chi connectivity index (χ0v) is 20.2. The highest BCUT2D eigenvalue weighted by Crippen LogP contribution is 2.35. The minimum absolute atomic E-state index is 0.0302. The highest BCUT2D eigenvalue weighted by molar-refractivity contribution is 9.10. The maximum absolute atomic E-state index is 13.2. The highest BCUT2D eigenvalue weighted by Gasteiger charge is 2.22. The third-order valence-electron chi connectivity index (χ3n) is 4.56. The van der Waals surface area contributed by atoms with Gasteiger partial charge >= 0.3 is 0 Å². The number of halogens is 2. The van der Waals surface area contributed by atoms with E-state index in [4.69, 9.17) is 16.7 Å². The first-order valence-electron chi connectivity index (χ1n) is 9.19. The molecule has 10 heteroatoms. The molecular formula is C22H15BrClN3O3S2. The maximum atomic E-state index is 13.2. The Morgan fingerprint density at radius 1 is 1.00 bits per heavy atom. The topological polar surface area (TPSA) is 102 Å².